The number of aromatic carboxylic acids is 1. The number of nitrogens with zero attached hydrogens (tertiary/aromatic N) is 1. The van der Waals surface area contributed by atoms with Gasteiger partial charge in [-0.25, -0.2) is 9.59 Å². The lowest BCUT2D eigenvalue weighted by atomic mass is 10.2. The number of benzene rings is 1. The van der Waals surface area contributed by atoms with Gasteiger partial charge in [0.2, 0.25) is 0 Å². The van der Waals surface area contributed by atoms with Crippen molar-refractivity contribution in [2.24, 2.45) is 0 Å². The van der Waals surface area contributed by atoms with Gasteiger partial charge in [0.25, 0.3) is 0 Å². The van der Waals surface area contributed by atoms with E-state index in [0.29, 0.717) is 10.2 Å². The van der Waals surface area contributed by atoms with Gasteiger partial charge in [-0.1, -0.05) is 15.9 Å². The van der Waals surface area contributed by atoms with Crippen LogP contribution in [0.4, 0.5) is 10.5 Å². The molecule has 7 heteroatoms. The zero-order chi connectivity index (χ0) is 14.7. The normalized spacial score (nSPS) is 17.8. The monoisotopic (exact) mass is 358 g/mol. The van der Waals surface area contributed by atoms with Crippen LogP contribution in [0.15, 0.2) is 22.7 Å². The zero-order valence-corrected chi connectivity index (χ0v) is 13.3. The lowest BCUT2D eigenvalue weighted by Crippen LogP contribution is -2.39. The summed E-state index contributed by atoms with van der Waals surface area (Å²) in [5.74, 6) is 0.993. The van der Waals surface area contributed by atoms with Crippen molar-refractivity contribution in [2.45, 2.75) is 12.5 Å². The molecule has 108 valence electrons. The first-order chi connectivity index (χ1) is 9.47. The summed E-state index contributed by atoms with van der Waals surface area (Å²) in [6.07, 6.45) is 0.993. The first kappa shape index (κ1) is 15.2. The van der Waals surface area contributed by atoms with Gasteiger partial charge in [0.1, 0.15) is 0 Å². The number of carboxylic acid groups (broad SMARTS) is 1. The predicted molar refractivity (Wildman–Crippen MR) is 83.6 cm³/mol. The molecular formula is C13H15BrN2O3S. The number of hydrogen-bond donors (Lipinski definition) is 2. The number of amides is 2. The van der Waals surface area contributed by atoms with E-state index in [0.717, 1.165) is 17.9 Å². The molecule has 1 aliphatic heterocycles. The molecule has 1 aliphatic rings. The number of rotatable bonds is 3. The Hall–Kier alpha value is -1.21. The van der Waals surface area contributed by atoms with Gasteiger partial charge in [0, 0.05) is 29.0 Å². The summed E-state index contributed by atoms with van der Waals surface area (Å²) in [5, 5.41) is 11.7. The molecule has 0 aliphatic carbocycles. The molecular weight excluding hydrogens is 344 g/mol. The molecule has 5 nitrogen and oxygen atoms in total. The first-order valence-electron chi connectivity index (χ1n) is 6.13. The van der Waals surface area contributed by atoms with Crippen LogP contribution in [-0.2, 0) is 0 Å². The van der Waals surface area contributed by atoms with Gasteiger partial charge in [-0.15, -0.1) is 0 Å². The van der Waals surface area contributed by atoms with Crippen molar-refractivity contribution in [2.75, 3.05) is 23.9 Å². The number of anilines is 1. The van der Waals surface area contributed by atoms with E-state index in [1.54, 1.807) is 18.0 Å². The van der Waals surface area contributed by atoms with E-state index in [-0.39, 0.29) is 17.6 Å². The molecule has 0 bridgehead atoms. The average molecular weight is 359 g/mol. The molecule has 0 radical (unpaired) electrons. The molecule has 1 aromatic carbocycles. The molecule has 1 saturated heterocycles. The summed E-state index contributed by atoms with van der Waals surface area (Å²) < 4.78 is 0.617. The minimum atomic E-state index is -1.03. The Kier molecular flexibility index (Phi) is 4.93. The summed E-state index contributed by atoms with van der Waals surface area (Å²) in [7, 11) is 1.77. The summed E-state index contributed by atoms with van der Waals surface area (Å²) in [6.45, 7) is 0. The van der Waals surface area contributed by atoms with Crippen LogP contribution in [-0.4, -0.2) is 46.6 Å². The Morgan fingerprint density at radius 1 is 1.45 bits per heavy atom. The second kappa shape index (κ2) is 6.49. The molecule has 1 fully saturated rings. The summed E-state index contributed by atoms with van der Waals surface area (Å²) in [4.78, 5) is 24.8. The Bertz CT molecular complexity index is 532. The summed E-state index contributed by atoms with van der Waals surface area (Å²) >= 11 is 5.08. The van der Waals surface area contributed by atoms with Gasteiger partial charge in [-0.05, 0) is 30.4 Å². The second-order valence-electron chi connectivity index (χ2n) is 4.59. The van der Waals surface area contributed by atoms with Gasteiger partial charge >= 0.3 is 12.0 Å². The number of carbonyl (C=O) groups is 2. The Morgan fingerprint density at radius 2 is 2.20 bits per heavy atom. The molecule has 0 spiro atoms. The summed E-state index contributed by atoms with van der Waals surface area (Å²) in [5.41, 5.74) is 0.605. The van der Waals surface area contributed by atoms with E-state index in [1.165, 1.54) is 12.1 Å². The number of carboxylic acids is 1. The Labute approximate surface area is 129 Å². The lowest BCUT2D eigenvalue weighted by molar-refractivity contribution is 0.0696. The molecule has 2 amide bonds. The highest BCUT2D eigenvalue weighted by Gasteiger charge is 2.24. The molecule has 2 N–H and O–H groups in total. The van der Waals surface area contributed by atoms with Crippen molar-refractivity contribution in [3.63, 3.8) is 0 Å². The van der Waals surface area contributed by atoms with E-state index in [1.807, 2.05) is 11.8 Å². The Balaban J connectivity index is 2.08. The molecule has 2 rings (SSSR count). The van der Waals surface area contributed by atoms with Crippen molar-refractivity contribution in [3.05, 3.63) is 28.2 Å². The van der Waals surface area contributed by atoms with Crippen LogP contribution in [0.3, 0.4) is 0 Å². The number of hydrogen-bond acceptors (Lipinski definition) is 3. The van der Waals surface area contributed by atoms with E-state index < -0.39 is 5.97 Å². The minimum absolute atomic E-state index is 0.133. The van der Waals surface area contributed by atoms with Crippen LogP contribution < -0.4 is 5.32 Å². The molecule has 1 unspecified atom stereocenters. The van der Waals surface area contributed by atoms with Crippen molar-refractivity contribution in [1.82, 2.24) is 4.90 Å². The molecule has 1 heterocycles. The molecule has 1 atom stereocenters. The fourth-order valence-electron chi connectivity index (χ4n) is 1.99. The van der Waals surface area contributed by atoms with Gasteiger partial charge in [0.15, 0.2) is 0 Å². The third-order valence-corrected chi connectivity index (χ3v) is 4.77. The zero-order valence-electron chi connectivity index (χ0n) is 10.9. The molecule has 0 saturated carbocycles. The number of carbonyl (C=O) groups excluding carboxylic acids is 1. The van der Waals surface area contributed by atoms with Crippen molar-refractivity contribution < 1.29 is 14.7 Å². The van der Waals surface area contributed by atoms with Gasteiger partial charge in [-0.2, -0.15) is 11.8 Å². The van der Waals surface area contributed by atoms with Crippen molar-refractivity contribution in [3.8, 4) is 0 Å². The SMILES string of the molecule is CN(C(=O)Nc1cc(Br)cc(C(=O)O)c1)C1CCSC1. The minimum Gasteiger partial charge on any atom is -0.478 e. The quantitative estimate of drug-likeness (QED) is 0.870. The molecule has 0 aromatic heterocycles. The van der Waals surface area contributed by atoms with Crippen LogP contribution in [0, 0.1) is 0 Å². The van der Waals surface area contributed by atoms with Gasteiger partial charge < -0.3 is 15.3 Å². The maximum absolute atomic E-state index is 12.1. The topological polar surface area (TPSA) is 69.6 Å². The fourth-order valence-corrected chi connectivity index (χ4v) is 3.75. The van der Waals surface area contributed by atoms with Gasteiger partial charge in [0.05, 0.1) is 5.56 Å². The average Bonchev–Trinajstić information content (AvgIpc) is 2.90. The number of thioether (sulfide) groups is 1. The Morgan fingerprint density at radius 3 is 2.80 bits per heavy atom. The summed E-state index contributed by atoms with van der Waals surface area (Å²) in [6, 6.07) is 4.65. The van der Waals surface area contributed by atoms with Crippen LogP contribution >= 0.6 is 27.7 Å². The highest BCUT2D eigenvalue weighted by Crippen LogP contribution is 2.23. The largest absolute Gasteiger partial charge is 0.478 e. The smallest absolute Gasteiger partial charge is 0.335 e. The highest BCUT2D eigenvalue weighted by molar-refractivity contribution is 9.10. The molecule has 20 heavy (non-hydrogen) atoms. The maximum Gasteiger partial charge on any atom is 0.335 e. The van der Waals surface area contributed by atoms with E-state index in [9.17, 15) is 9.59 Å². The number of halogens is 1. The van der Waals surface area contributed by atoms with Crippen molar-refractivity contribution in [1.29, 1.82) is 0 Å². The third kappa shape index (κ3) is 3.67. The highest BCUT2D eigenvalue weighted by atomic mass is 79.9. The standard InChI is InChI=1S/C13H15BrN2O3S/c1-16(11-2-3-20-7-11)13(19)15-10-5-8(12(17)18)4-9(14)6-10/h4-6,11H,2-3,7H2,1H3,(H,15,19)(H,17,18). The van der Waals surface area contributed by atoms with Crippen LogP contribution in [0.1, 0.15) is 16.8 Å². The molecule has 1 aromatic rings. The van der Waals surface area contributed by atoms with E-state index in [2.05, 4.69) is 21.2 Å². The number of nitrogens with one attached hydrogen (secondary N) is 1. The van der Waals surface area contributed by atoms with Crippen LogP contribution in [0.5, 0.6) is 0 Å². The second-order valence-corrected chi connectivity index (χ2v) is 6.66. The predicted octanol–water partition coefficient (Wildman–Crippen LogP) is 3.12. The maximum atomic E-state index is 12.1. The van der Waals surface area contributed by atoms with E-state index in [4.69, 9.17) is 5.11 Å². The van der Waals surface area contributed by atoms with Crippen LogP contribution in [0.2, 0.25) is 0 Å². The van der Waals surface area contributed by atoms with Crippen molar-refractivity contribution >= 4 is 45.4 Å². The number of urea groups is 1. The third-order valence-electron chi connectivity index (χ3n) is 3.17. The lowest BCUT2D eigenvalue weighted by Gasteiger charge is -2.24. The first-order valence-corrected chi connectivity index (χ1v) is 8.07. The van der Waals surface area contributed by atoms with Crippen LogP contribution in [0.25, 0.3) is 0 Å². The van der Waals surface area contributed by atoms with E-state index >= 15 is 0 Å². The fraction of sp³-hybridized carbons (Fsp3) is 0.385. The van der Waals surface area contributed by atoms with Gasteiger partial charge in [-0.3, -0.25) is 0 Å².